The van der Waals surface area contributed by atoms with Crippen molar-refractivity contribution >= 4 is 6.29 Å². The highest BCUT2D eigenvalue weighted by atomic mass is 19.3. The van der Waals surface area contributed by atoms with Gasteiger partial charge >= 0.3 is 0 Å². The van der Waals surface area contributed by atoms with E-state index in [9.17, 15) is 18.7 Å². The molecule has 4 nitrogen and oxygen atoms in total. The van der Waals surface area contributed by atoms with Crippen molar-refractivity contribution in [1.82, 2.24) is 4.98 Å². The molecule has 0 spiro atoms. The summed E-state index contributed by atoms with van der Waals surface area (Å²) >= 11 is 0. The second kappa shape index (κ2) is 4.10. The predicted molar refractivity (Wildman–Crippen MR) is 44.1 cm³/mol. The van der Waals surface area contributed by atoms with Crippen LogP contribution in [0.1, 0.15) is 28.0 Å². The van der Waals surface area contributed by atoms with Crippen LogP contribution in [0.25, 0.3) is 0 Å². The monoisotopic (exact) mass is 202 g/mol. The summed E-state index contributed by atoms with van der Waals surface area (Å²) in [5.41, 5.74) is 4.30. The zero-order valence-electron chi connectivity index (χ0n) is 7.08. The summed E-state index contributed by atoms with van der Waals surface area (Å²) in [6.07, 6.45) is -1.65. The highest BCUT2D eigenvalue weighted by Gasteiger charge is 2.18. The van der Waals surface area contributed by atoms with Gasteiger partial charge in [0.1, 0.15) is 11.4 Å². The van der Waals surface area contributed by atoms with Gasteiger partial charge in [-0.3, -0.25) is 4.79 Å². The number of alkyl halides is 2. The summed E-state index contributed by atoms with van der Waals surface area (Å²) in [5, 5.41) is 9.31. The molecule has 3 N–H and O–H groups in total. The van der Waals surface area contributed by atoms with E-state index in [4.69, 9.17) is 5.73 Å². The maximum absolute atomic E-state index is 12.3. The number of aldehydes is 1. The summed E-state index contributed by atoms with van der Waals surface area (Å²) in [7, 11) is 0. The number of aromatic nitrogens is 1. The van der Waals surface area contributed by atoms with Gasteiger partial charge < -0.3 is 10.8 Å². The molecule has 0 fully saturated rings. The lowest BCUT2D eigenvalue weighted by molar-refractivity contribution is 0.111. The van der Waals surface area contributed by atoms with Crippen LogP contribution in [-0.4, -0.2) is 16.4 Å². The first kappa shape index (κ1) is 10.5. The van der Waals surface area contributed by atoms with Crippen molar-refractivity contribution < 1.29 is 18.7 Å². The van der Waals surface area contributed by atoms with Crippen LogP contribution in [0.3, 0.4) is 0 Å². The molecule has 1 aromatic heterocycles. The highest BCUT2D eigenvalue weighted by molar-refractivity contribution is 5.77. The normalized spacial score (nSPS) is 10.6. The molecule has 1 rings (SSSR count). The second-order valence-electron chi connectivity index (χ2n) is 2.55. The zero-order chi connectivity index (χ0) is 10.7. The molecule has 0 aromatic carbocycles. The van der Waals surface area contributed by atoms with Crippen molar-refractivity contribution in [2.45, 2.75) is 13.0 Å². The molecule has 1 aromatic rings. The maximum Gasteiger partial charge on any atom is 0.265 e. The number of aromatic hydroxyl groups is 1. The number of hydrogen-bond donors (Lipinski definition) is 2. The number of nitrogens with zero attached hydrogens (tertiary/aromatic N) is 1. The predicted octanol–water partition coefficient (Wildman–Crippen LogP) is 0.996. The Morgan fingerprint density at radius 1 is 1.64 bits per heavy atom. The Balaban J connectivity index is 3.35. The van der Waals surface area contributed by atoms with E-state index in [1.54, 1.807) is 0 Å². The van der Waals surface area contributed by atoms with Gasteiger partial charge in [0.05, 0.1) is 0 Å². The standard InChI is InChI=1S/C8H8F2N2O2/c9-8(10)5-2-12-6(3-13)7(14)4(5)1-11/h2-3,8,14H,1,11H2. The highest BCUT2D eigenvalue weighted by Crippen LogP contribution is 2.29. The van der Waals surface area contributed by atoms with Crippen molar-refractivity contribution in [2.75, 3.05) is 0 Å². The fourth-order valence-electron chi connectivity index (χ4n) is 1.06. The average Bonchev–Trinajstić information content (AvgIpc) is 2.17. The molecule has 0 aliphatic rings. The first-order chi connectivity index (χ1) is 6.61. The Morgan fingerprint density at radius 3 is 2.71 bits per heavy atom. The third-order valence-corrected chi connectivity index (χ3v) is 1.77. The molecule has 0 amide bonds. The third kappa shape index (κ3) is 1.69. The number of nitrogens with two attached hydrogens (primary N) is 1. The van der Waals surface area contributed by atoms with E-state index in [1.807, 2.05) is 0 Å². The molecule has 0 radical (unpaired) electrons. The summed E-state index contributed by atoms with van der Waals surface area (Å²) in [6.45, 7) is -0.269. The summed E-state index contributed by atoms with van der Waals surface area (Å²) in [5.74, 6) is -0.569. The van der Waals surface area contributed by atoms with Crippen molar-refractivity contribution in [3.05, 3.63) is 23.0 Å². The van der Waals surface area contributed by atoms with E-state index in [0.29, 0.717) is 0 Å². The van der Waals surface area contributed by atoms with Gasteiger partial charge in [0, 0.05) is 23.9 Å². The van der Waals surface area contributed by atoms with Crippen molar-refractivity contribution in [2.24, 2.45) is 5.73 Å². The smallest absolute Gasteiger partial charge is 0.265 e. The van der Waals surface area contributed by atoms with E-state index < -0.39 is 17.7 Å². The third-order valence-electron chi connectivity index (χ3n) is 1.77. The van der Waals surface area contributed by atoms with Crippen LogP contribution in [0, 0.1) is 0 Å². The molecule has 0 atom stereocenters. The molecule has 0 bridgehead atoms. The minimum absolute atomic E-state index is 0.142. The van der Waals surface area contributed by atoms with Crippen molar-refractivity contribution in [1.29, 1.82) is 0 Å². The topological polar surface area (TPSA) is 76.2 Å². The van der Waals surface area contributed by atoms with Gasteiger partial charge in [0.25, 0.3) is 6.43 Å². The maximum atomic E-state index is 12.3. The van der Waals surface area contributed by atoms with Gasteiger partial charge in [0.15, 0.2) is 6.29 Å². The molecule has 0 saturated heterocycles. The SMILES string of the molecule is NCc1c(C(F)F)cnc(C=O)c1O. The Kier molecular flexibility index (Phi) is 3.08. The lowest BCUT2D eigenvalue weighted by Crippen LogP contribution is -2.05. The number of carbonyl (C=O) groups excluding carboxylic acids is 1. The first-order valence-corrected chi connectivity index (χ1v) is 3.76. The van der Waals surface area contributed by atoms with Crippen molar-refractivity contribution in [3.63, 3.8) is 0 Å². The Morgan fingerprint density at radius 2 is 2.29 bits per heavy atom. The van der Waals surface area contributed by atoms with Gasteiger partial charge in [-0.1, -0.05) is 0 Å². The fourth-order valence-corrected chi connectivity index (χ4v) is 1.06. The van der Waals surface area contributed by atoms with Crippen LogP contribution in [0.15, 0.2) is 6.20 Å². The number of carbonyl (C=O) groups is 1. The second-order valence-corrected chi connectivity index (χ2v) is 2.55. The summed E-state index contributed by atoms with van der Waals surface area (Å²) in [6, 6.07) is 0. The molecule has 76 valence electrons. The molecular weight excluding hydrogens is 194 g/mol. The van der Waals surface area contributed by atoms with Crippen LogP contribution >= 0.6 is 0 Å². The number of halogens is 2. The molecule has 0 saturated carbocycles. The molecule has 0 aliphatic carbocycles. The molecule has 0 aliphatic heterocycles. The Labute approximate surface area is 78.4 Å². The molecule has 6 heteroatoms. The van der Waals surface area contributed by atoms with E-state index in [0.717, 1.165) is 6.20 Å². The summed E-state index contributed by atoms with van der Waals surface area (Å²) < 4.78 is 24.7. The van der Waals surface area contributed by atoms with E-state index in [-0.39, 0.29) is 24.1 Å². The van der Waals surface area contributed by atoms with Crippen molar-refractivity contribution in [3.8, 4) is 5.75 Å². The van der Waals surface area contributed by atoms with Gasteiger partial charge in [-0.05, 0) is 0 Å². The van der Waals surface area contributed by atoms with Crippen LogP contribution in [0.4, 0.5) is 8.78 Å². The first-order valence-electron chi connectivity index (χ1n) is 3.76. The molecular formula is C8H8F2N2O2. The quantitative estimate of drug-likeness (QED) is 0.717. The van der Waals surface area contributed by atoms with Crippen LogP contribution in [0.2, 0.25) is 0 Å². The molecule has 14 heavy (non-hydrogen) atoms. The zero-order valence-corrected chi connectivity index (χ0v) is 7.08. The van der Waals surface area contributed by atoms with Gasteiger partial charge in [0.2, 0.25) is 0 Å². The number of pyridine rings is 1. The largest absolute Gasteiger partial charge is 0.505 e. The van der Waals surface area contributed by atoms with E-state index in [1.165, 1.54) is 0 Å². The molecule has 0 unspecified atom stereocenters. The van der Waals surface area contributed by atoms with Crippen LogP contribution in [-0.2, 0) is 6.54 Å². The summed E-state index contributed by atoms with van der Waals surface area (Å²) in [4.78, 5) is 13.7. The lowest BCUT2D eigenvalue weighted by Gasteiger charge is -2.09. The average molecular weight is 202 g/mol. The van der Waals surface area contributed by atoms with Crippen LogP contribution in [0.5, 0.6) is 5.75 Å². The minimum atomic E-state index is -2.77. The van der Waals surface area contributed by atoms with Crippen LogP contribution < -0.4 is 5.73 Å². The number of hydrogen-bond acceptors (Lipinski definition) is 4. The van der Waals surface area contributed by atoms with Gasteiger partial charge in [-0.15, -0.1) is 0 Å². The van der Waals surface area contributed by atoms with Gasteiger partial charge in [-0.2, -0.15) is 0 Å². The lowest BCUT2D eigenvalue weighted by atomic mass is 10.1. The van der Waals surface area contributed by atoms with E-state index >= 15 is 0 Å². The Bertz CT molecular complexity index is 355. The molecule has 1 heterocycles. The fraction of sp³-hybridized carbons (Fsp3) is 0.250. The number of rotatable bonds is 3. The minimum Gasteiger partial charge on any atom is -0.505 e. The Hall–Kier alpha value is -1.56. The van der Waals surface area contributed by atoms with Gasteiger partial charge in [-0.25, -0.2) is 13.8 Å². The van der Waals surface area contributed by atoms with E-state index in [2.05, 4.69) is 4.98 Å².